The van der Waals surface area contributed by atoms with E-state index in [2.05, 4.69) is 16.5 Å². The van der Waals surface area contributed by atoms with Gasteiger partial charge in [0.2, 0.25) is 0 Å². The van der Waals surface area contributed by atoms with Crippen LogP contribution in [-0.4, -0.2) is 27.3 Å². The number of carboxylic acid groups (broad SMARTS) is 1. The molecule has 106 valence electrons. The van der Waals surface area contributed by atoms with Gasteiger partial charge in [0.05, 0.1) is 22.5 Å². The van der Waals surface area contributed by atoms with Crippen LogP contribution in [0.1, 0.15) is 10.6 Å². The Morgan fingerprint density at radius 3 is 2.70 bits per heavy atom. The third-order valence-corrected chi connectivity index (χ3v) is 3.30. The van der Waals surface area contributed by atoms with Crippen molar-refractivity contribution in [3.63, 3.8) is 0 Å². The first kappa shape index (κ1) is 14.3. The van der Waals surface area contributed by atoms with E-state index in [4.69, 9.17) is 5.11 Å². The highest BCUT2D eigenvalue weighted by Crippen LogP contribution is 2.40. The van der Waals surface area contributed by atoms with Crippen LogP contribution in [0.3, 0.4) is 0 Å². The predicted molar refractivity (Wildman–Crippen MR) is 68.9 cm³/mol. The molecule has 0 fully saturated rings. The Bertz CT molecular complexity index is 709. The second-order valence-electron chi connectivity index (χ2n) is 3.84. The molecule has 0 saturated carbocycles. The van der Waals surface area contributed by atoms with E-state index in [0.717, 1.165) is 17.5 Å². The number of nitrogens with one attached hydrogen (secondary N) is 1. The number of alkyl halides is 3. The molecule has 2 N–H and O–H groups in total. The molecule has 0 saturated heterocycles. The number of rotatable bonds is 2. The van der Waals surface area contributed by atoms with Crippen LogP contribution in [0.25, 0.3) is 15.9 Å². The number of fused-ring (bicyclic) bond motifs is 1. The molecule has 0 aliphatic carbocycles. The number of aromatic nitrogens is 2. The van der Waals surface area contributed by atoms with Crippen molar-refractivity contribution in [2.24, 2.45) is 0 Å². The van der Waals surface area contributed by atoms with Crippen LogP contribution < -0.4 is 5.32 Å². The zero-order chi connectivity index (χ0) is 15.1. The molecule has 9 heteroatoms. The van der Waals surface area contributed by atoms with E-state index >= 15 is 0 Å². The standard InChI is InChI=1S/C11H8F3N3O2S/c1-4(11(12,13)14)7-6(17-10(18)19)3-15-9-8(7)16-5(2)20-9/h3,17H,1H2,2H3,(H,18,19). The Hall–Kier alpha value is -2.16. The zero-order valence-electron chi connectivity index (χ0n) is 10.1. The van der Waals surface area contributed by atoms with Crippen LogP contribution in [0.2, 0.25) is 0 Å². The number of nitrogens with zero attached hydrogens (tertiary/aromatic N) is 2. The normalized spacial score (nSPS) is 11.6. The molecule has 0 atom stereocenters. The molecule has 2 aromatic heterocycles. The van der Waals surface area contributed by atoms with Crippen LogP contribution in [-0.2, 0) is 0 Å². The summed E-state index contributed by atoms with van der Waals surface area (Å²) >= 11 is 1.12. The monoisotopic (exact) mass is 303 g/mol. The minimum absolute atomic E-state index is 0.0129. The summed E-state index contributed by atoms with van der Waals surface area (Å²) in [6.45, 7) is 4.62. The first-order valence-electron chi connectivity index (χ1n) is 5.22. The molecule has 2 heterocycles. The van der Waals surface area contributed by atoms with Gasteiger partial charge in [0.15, 0.2) is 0 Å². The van der Waals surface area contributed by atoms with Gasteiger partial charge in [-0.1, -0.05) is 17.9 Å². The number of carbonyl (C=O) groups is 1. The zero-order valence-corrected chi connectivity index (χ0v) is 10.9. The third kappa shape index (κ3) is 2.57. The Labute approximate surface area is 114 Å². The van der Waals surface area contributed by atoms with E-state index in [1.165, 1.54) is 0 Å². The van der Waals surface area contributed by atoms with E-state index < -0.39 is 23.4 Å². The van der Waals surface area contributed by atoms with Gasteiger partial charge in [-0.15, -0.1) is 0 Å². The fourth-order valence-electron chi connectivity index (χ4n) is 1.64. The molecule has 5 nitrogen and oxygen atoms in total. The first-order valence-corrected chi connectivity index (χ1v) is 6.04. The smallest absolute Gasteiger partial charge is 0.416 e. The quantitative estimate of drug-likeness (QED) is 0.887. The Morgan fingerprint density at radius 1 is 1.50 bits per heavy atom. The highest BCUT2D eigenvalue weighted by atomic mass is 32.1. The maximum atomic E-state index is 12.9. The molecule has 2 aromatic rings. The number of thiazole rings is 1. The largest absolute Gasteiger partial charge is 0.465 e. The molecule has 0 radical (unpaired) electrons. The lowest BCUT2D eigenvalue weighted by molar-refractivity contribution is -0.0685. The molecule has 0 spiro atoms. The molecule has 0 aliphatic rings. The van der Waals surface area contributed by atoms with Crippen molar-refractivity contribution in [1.82, 2.24) is 9.97 Å². The van der Waals surface area contributed by atoms with Gasteiger partial charge in [0, 0.05) is 5.56 Å². The SMILES string of the molecule is C=C(c1c(NC(=O)O)cnc2sc(C)nc12)C(F)(F)F. The molecule has 0 unspecified atom stereocenters. The van der Waals surface area contributed by atoms with Crippen LogP contribution in [0.4, 0.5) is 23.7 Å². The summed E-state index contributed by atoms with van der Waals surface area (Å²) in [4.78, 5) is 18.8. The van der Waals surface area contributed by atoms with Crippen LogP contribution in [0.15, 0.2) is 12.8 Å². The van der Waals surface area contributed by atoms with Crippen molar-refractivity contribution >= 4 is 39.0 Å². The number of hydrogen-bond acceptors (Lipinski definition) is 4. The fraction of sp³-hybridized carbons (Fsp3) is 0.182. The van der Waals surface area contributed by atoms with Gasteiger partial charge in [0.25, 0.3) is 0 Å². The predicted octanol–water partition coefficient (Wildman–Crippen LogP) is 3.67. The number of allylic oxidation sites excluding steroid dienone is 1. The van der Waals surface area contributed by atoms with Gasteiger partial charge < -0.3 is 5.11 Å². The number of aryl methyl sites for hydroxylation is 1. The van der Waals surface area contributed by atoms with E-state index in [1.54, 1.807) is 6.92 Å². The summed E-state index contributed by atoms with van der Waals surface area (Å²) in [5.41, 5.74) is -1.87. The topological polar surface area (TPSA) is 75.1 Å². The van der Waals surface area contributed by atoms with Gasteiger partial charge in [-0.05, 0) is 6.92 Å². The highest BCUT2D eigenvalue weighted by molar-refractivity contribution is 7.18. The lowest BCUT2D eigenvalue weighted by Gasteiger charge is -2.14. The van der Waals surface area contributed by atoms with Crippen molar-refractivity contribution in [2.75, 3.05) is 5.32 Å². The van der Waals surface area contributed by atoms with Gasteiger partial charge in [-0.2, -0.15) is 13.2 Å². The maximum absolute atomic E-state index is 12.9. The van der Waals surface area contributed by atoms with Crippen molar-refractivity contribution in [2.45, 2.75) is 13.1 Å². The lowest BCUT2D eigenvalue weighted by atomic mass is 10.1. The average Bonchev–Trinajstić information content (AvgIpc) is 2.66. The Balaban J connectivity index is 2.73. The van der Waals surface area contributed by atoms with Crippen molar-refractivity contribution in [3.8, 4) is 0 Å². The van der Waals surface area contributed by atoms with Crippen molar-refractivity contribution in [3.05, 3.63) is 23.3 Å². The van der Waals surface area contributed by atoms with Crippen molar-refractivity contribution in [1.29, 1.82) is 0 Å². The summed E-state index contributed by atoms with van der Waals surface area (Å²) < 4.78 is 38.6. The van der Waals surface area contributed by atoms with E-state index in [0.29, 0.717) is 9.84 Å². The Morgan fingerprint density at radius 2 is 2.15 bits per heavy atom. The highest BCUT2D eigenvalue weighted by Gasteiger charge is 2.36. The molecule has 2 rings (SSSR count). The first-order chi connectivity index (χ1) is 9.20. The fourth-order valence-corrected chi connectivity index (χ4v) is 2.41. The Kier molecular flexibility index (Phi) is 3.38. The number of halogens is 3. The number of anilines is 1. The minimum atomic E-state index is -4.69. The van der Waals surface area contributed by atoms with Gasteiger partial charge in [-0.25, -0.2) is 14.8 Å². The summed E-state index contributed by atoms with van der Waals surface area (Å²) in [5.74, 6) is 0. The minimum Gasteiger partial charge on any atom is -0.465 e. The molecule has 1 amide bonds. The van der Waals surface area contributed by atoms with Crippen LogP contribution in [0, 0.1) is 6.92 Å². The summed E-state index contributed by atoms with van der Waals surface area (Å²) in [7, 11) is 0. The molecule has 0 aliphatic heterocycles. The second-order valence-corrected chi connectivity index (χ2v) is 5.02. The van der Waals surface area contributed by atoms with E-state index in [1.807, 2.05) is 5.32 Å². The van der Waals surface area contributed by atoms with Gasteiger partial charge >= 0.3 is 12.3 Å². The van der Waals surface area contributed by atoms with Gasteiger partial charge in [0.1, 0.15) is 10.3 Å². The molecule has 20 heavy (non-hydrogen) atoms. The maximum Gasteiger partial charge on any atom is 0.416 e. The summed E-state index contributed by atoms with van der Waals surface area (Å²) in [6, 6.07) is 0. The van der Waals surface area contributed by atoms with E-state index in [-0.39, 0.29) is 11.2 Å². The van der Waals surface area contributed by atoms with Crippen LogP contribution >= 0.6 is 11.3 Å². The second kappa shape index (κ2) is 4.75. The lowest BCUT2D eigenvalue weighted by Crippen LogP contribution is -2.15. The molecule has 0 aromatic carbocycles. The number of hydrogen-bond donors (Lipinski definition) is 2. The number of pyridine rings is 1. The molecular formula is C11H8F3N3O2S. The van der Waals surface area contributed by atoms with E-state index in [9.17, 15) is 18.0 Å². The summed E-state index contributed by atoms with van der Waals surface area (Å²) in [5, 5.41) is 11.1. The van der Waals surface area contributed by atoms with Crippen molar-refractivity contribution < 1.29 is 23.1 Å². The van der Waals surface area contributed by atoms with Gasteiger partial charge in [-0.3, -0.25) is 5.32 Å². The third-order valence-electron chi connectivity index (χ3n) is 2.42. The molecule has 0 bridgehead atoms. The molecular weight excluding hydrogens is 295 g/mol. The summed E-state index contributed by atoms with van der Waals surface area (Å²) in [6.07, 6.45) is -5.16. The average molecular weight is 303 g/mol. The number of amides is 1. The van der Waals surface area contributed by atoms with Crippen LogP contribution in [0.5, 0.6) is 0 Å².